The Morgan fingerprint density at radius 1 is 1.03 bits per heavy atom. The molecule has 0 saturated carbocycles. The van der Waals surface area contributed by atoms with Crippen molar-refractivity contribution in [3.8, 4) is 22.6 Å². The van der Waals surface area contributed by atoms with Crippen LogP contribution in [0, 0.1) is 11.7 Å². The van der Waals surface area contributed by atoms with E-state index in [9.17, 15) is 9.18 Å². The highest BCUT2D eigenvalue weighted by atomic mass is 127. The first-order valence-electron chi connectivity index (χ1n) is 13.4. The maximum Gasteiger partial charge on any atom is 0.226 e. The number of nitrogens with zero attached hydrogens (tertiary/aromatic N) is 3. The molecule has 2 aromatic carbocycles. The number of pyridine rings is 1. The average molecular weight is 647 g/mol. The molecule has 4 rings (SSSR count). The molecule has 1 N–H and O–H groups in total. The smallest absolute Gasteiger partial charge is 0.226 e. The summed E-state index contributed by atoms with van der Waals surface area (Å²) >= 11 is 2.35. The third-order valence-corrected chi connectivity index (χ3v) is 7.24. The minimum absolute atomic E-state index is 0.134. The number of amides is 1. The lowest BCUT2D eigenvalue weighted by molar-refractivity contribution is -0.120. The summed E-state index contributed by atoms with van der Waals surface area (Å²) in [5.41, 5.74) is 3.42. The molecule has 1 aliphatic rings. The first-order chi connectivity index (χ1) is 18.8. The minimum atomic E-state index is -0.386. The monoisotopic (exact) mass is 646 g/mol. The molecule has 3 aromatic rings. The van der Waals surface area contributed by atoms with Crippen molar-refractivity contribution in [1.82, 2.24) is 13.4 Å². The number of nitrogens with one attached hydrogen (secondary N) is 1. The highest BCUT2D eigenvalue weighted by Gasteiger charge is 2.21. The lowest BCUT2D eigenvalue weighted by Crippen LogP contribution is -2.42. The van der Waals surface area contributed by atoms with Crippen LogP contribution in [0.5, 0.6) is 11.5 Å². The van der Waals surface area contributed by atoms with Crippen molar-refractivity contribution in [3.63, 3.8) is 0 Å². The average Bonchev–Trinajstić information content (AvgIpc) is 2.92. The van der Waals surface area contributed by atoms with E-state index in [1.54, 1.807) is 6.07 Å². The normalized spacial score (nSPS) is 13.9. The number of benzene rings is 2. The van der Waals surface area contributed by atoms with Gasteiger partial charge >= 0.3 is 0 Å². The fourth-order valence-corrected chi connectivity index (χ4v) is 4.77. The number of piperazine rings is 1. The summed E-state index contributed by atoms with van der Waals surface area (Å²) < 4.78 is 27.6. The zero-order chi connectivity index (χ0) is 27.8. The second-order valence-electron chi connectivity index (χ2n) is 9.98. The van der Waals surface area contributed by atoms with E-state index in [0.717, 1.165) is 48.9 Å². The molecule has 1 saturated heterocycles. The van der Waals surface area contributed by atoms with Crippen LogP contribution in [0.1, 0.15) is 32.0 Å². The van der Waals surface area contributed by atoms with Gasteiger partial charge in [0.05, 0.1) is 25.3 Å². The molecule has 1 amide bonds. The van der Waals surface area contributed by atoms with E-state index in [2.05, 4.69) is 36.2 Å². The summed E-state index contributed by atoms with van der Waals surface area (Å²) in [4.78, 5) is 20.1. The lowest BCUT2D eigenvalue weighted by atomic mass is 10.0. The van der Waals surface area contributed by atoms with Crippen LogP contribution in [-0.4, -0.2) is 53.4 Å². The number of hydrogen-bond donors (Lipinski definition) is 1. The Morgan fingerprint density at radius 3 is 2.46 bits per heavy atom. The number of anilines is 1. The molecule has 0 unspecified atom stereocenters. The van der Waals surface area contributed by atoms with Crippen molar-refractivity contribution < 1.29 is 18.7 Å². The van der Waals surface area contributed by atoms with Crippen molar-refractivity contribution in [1.29, 1.82) is 0 Å². The number of hydrogen-bond acceptors (Lipinski definition) is 6. The van der Waals surface area contributed by atoms with E-state index >= 15 is 0 Å². The van der Waals surface area contributed by atoms with Gasteiger partial charge in [-0.25, -0.2) is 12.5 Å². The Morgan fingerprint density at radius 2 is 1.77 bits per heavy atom. The van der Waals surface area contributed by atoms with Crippen LogP contribution in [0.3, 0.4) is 0 Å². The molecule has 1 fully saturated rings. The summed E-state index contributed by atoms with van der Waals surface area (Å²) in [6.07, 6.45) is 0.134. The van der Waals surface area contributed by atoms with Crippen LogP contribution in [0.25, 0.3) is 11.1 Å². The van der Waals surface area contributed by atoms with E-state index in [-0.39, 0.29) is 24.7 Å². The van der Waals surface area contributed by atoms with Gasteiger partial charge in [-0.15, -0.1) is 0 Å². The SMILES string of the molecule is CCOc1ccc(-c2ccc(CC(=O)NCc3cc(F)cc(OCC(C)C)c3)nc2N2CCN(I)CC2)cc1. The zero-order valence-electron chi connectivity index (χ0n) is 22.8. The van der Waals surface area contributed by atoms with Crippen LogP contribution in [0.2, 0.25) is 0 Å². The summed E-state index contributed by atoms with van der Waals surface area (Å²) in [5.74, 6) is 1.96. The molecule has 0 aliphatic carbocycles. The molecule has 9 heteroatoms. The van der Waals surface area contributed by atoms with E-state index in [1.807, 2.05) is 57.2 Å². The Bertz CT molecular complexity index is 1250. The van der Waals surface area contributed by atoms with Crippen molar-refractivity contribution >= 4 is 34.6 Å². The molecule has 208 valence electrons. The minimum Gasteiger partial charge on any atom is -0.494 e. The number of carbonyl (C=O) groups excluding carboxylic acids is 1. The highest BCUT2D eigenvalue weighted by molar-refractivity contribution is 14.1. The predicted molar refractivity (Wildman–Crippen MR) is 161 cm³/mol. The standard InChI is InChI=1S/C30H36FIN4O3/c1-4-38-26-8-5-23(6-9-26)28-10-7-25(34-30(28)35-11-13-36(32)14-12-35)18-29(37)33-19-22-15-24(31)17-27(16-22)39-20-21(2)3/h5-10,15-17,21H,4,11-14,18-20H2,1-3H3,(H,33,37). The van der Waals surface area contributed by atoms with Crippen LogP contribution < -0.4 is 19.7 Å². The fraction of sp³-hybridized carbons (Fsp3) is 0.400. The molecule has 2 heterocycles. The van der Waals surface area contributed by atoms with Gasteiger partial charge in [-0.1, -0.05) is 26.0 Å². The lowest BCUT2D eigenvalue weighted by Gasteiger charge is -2.33. The van der Waals surface area contributed by atoms with Crippen LogP contribution in [-0.2, 0) is 17.8 Å². The fourth-order valence-electron chi connectivity index (χ4n) is 4.34. The second kappa shape index (κ2) is 13.9. The Hall–Kier alpha value is -2.92. The quantitative estimate of drug-likeness (QED) is 0.215. The third kappa shape index (κ3) is 8.53. The van der Waals surface area contributed by atoms with Gasteiger partial charge in [0.15, 0.2) is 0 Å². The molecular formula is C30H36FIN4O3. The topological polar surface area (TPSA) is 66.9 Å². The number of carbonyl (C=O) groups is 1. The molecule has 1 aromatic heterocycles. The van der Waals surface area contributed by atoms with E-state index in [0.29, 0.717) is 36.1 Å². The first kappa shape index (κ1) is 29.1. The number of halogens is 2. The molecule has 0 bridgehead atoms. The number of aromatic nitrogens is 1. The van der Waals surface area contributed by atoms with Gasteiger partial charge < -0.3 is 19.7 Å². The zero-order valence-corrected chi connectivity index (χ0v) is 24.9. The van der Waals surface area contributed by atoms with E-state index in [1.165, 1.54) is 12.1 Å². The predicted octanol–water partition coefficient (Wildman–Crippen LogP) is 5.65. The van der Waals surface area contributed by atoms with Crippen LogP contribution >= 0.6 is 22.9 Å². The molecule has 7 nitrogen and oxygen atoms in total. The van der Waals surface area contributed by atoms with Gasteiger partial charge in [0, 0.05) is 67.2 Å². The van der Waals surface area contributed by atoms with Gasteiger partial charge in [0.1, 0.15) is 23.1 Å². The van der Waals surface area contributed by atoms with Gasteiger partial charge in [-0.2, -0.15) is 0 Å². The van der Waals surface area contributed by atoms with Crippen molar-refractivity contribution in [2.24, 2.45) is 5.92 Å². The van der Waals surface area contributed by atoms with E-state index in [4.69, 9.17) is 14.5 Å². The largest absolute Gasteiger partial charge is 0.494 e. The maximum absolute atomic E-state index is 14.1. The first-order valence-corrected chi connectivity index (χ1v) is 14.3. The summed E-state index contributed by atoms with van der Waals surface area (Å²) in [5, 5.41) is 2.90. The molecule has 0 radical (unpaired) electrons. The highest BCUT2D eigenvalue weighted by Crippen LogP contribution is 2.32. The summed E-state index contributed by atoms with van der Waals surface area (Å²) in [7, 11) is 0. The molecule has 0 atom stereocenters. The summed E-state index contributed by atoms with van der Waals surface area (Å²) in [6.45, 7) is 11.0. The molecule has 39 heavy (non-hydrogen) atoms. The Labute approximate surface area is 244 Å². The molecule has 0 spiro atoms. The second-order valence-corrected chi connectivity index (χ2v) is 11.3. The van der Waals surface area contributed by atoms with Gasteiger partial charge in [-0.3, -0.25) is 4.79 Å². The number of ether oxygens (including phenoxy) is 2. The van der Waals surface area contributed by atoms with Crippen molar-refractivity contribution in [2.75, 3.05) is 44.3 Å². The maximum atomic E-state index is 14.1. The molecular weight excluding hydrogens is 610 g/mol. The van der Waals surface area contributed by atoms with Gasteiger partial charge in [-0.05, 0) is 60.4 Å². The van der Waals surface area contributed by atoms with Crippen molar-refractivity contribution in [3.05, 3.63) is 71.7 Å². The van der Waals surface area contributed by atoms with Crippen LogP contribution in [0.15, 0.2) is 54.6 Å². The number of rotatable bonds is 11. The Kier molecular flexibility index (Phi) is 10.4. The molecule has 1 aliphatic heterocycles. The van der Waals surface area contributed by atoms with Gasteiger partial charge in [0.25, 0.3) is 0 Å². The third-order valence-electron chi connectivity index (χ3n) is 6.28. The van der Waals surface area contributed by atoms with Gasteiger partial charge in [0.2, 0.25) is 5.91 Å². The van der Waals surface area contributed by atoms with E-state index < -0.39 is 0 Å². The Balaban J connectivity index is 1.47. The van der Waals surface area contributed by atoms with Crippen molar-refractivity contribution in [2.45, 2.75) is 33.7 Å². The summed E-state index contributed by atoms with van der Waals surface area (Å²) in [6, 6.07) is 16.5. The van der Waals surface area contributed by atoms with Crippen LogP contribution in [0.4, 0.5) is 10.2 Å².